The highest BCUT2D eigenvalue weighted by Gasteiger charge is 2.37. The number of halogens is 3. The van der Waals surface area contributed by atoms with Crippen molar-refractivity contribution in [3.8, 4) is 5.75 Å². The number of alkyl halides is 3. The van der Waals surface area contributed by atoms with Gasteiger partial charge in [-0.3, -0.25) is 0 Å². The fraction of sp³-hybridized carbons (Fsp3) is 0.333. The van der Waals surface area contributed by atoms with Gasteiger partial charge in [0.15, 0.2) is 0 Å². The van der Waals surface area contributed by atoms with Crippen LogP contribution in [0.2, 0.25) is 0 Å². The molecule has 0 aliphatic carbocycles. The Morgan fingerprint density at radius 1 is 1.25 bits per heavy atom. The highest BCUT2D eigenvalue weighted by Crippen LogP contribution is 2.38. The first-order valence-corrected chi connectivity index (χ1v) is 6.57. The van der Waals surface area contributed by atoms with Crippen LogP contribution >= 0.6 is 0 Å². The van der Waals surface area contributed by atoms with Gasteiger partial charge in [0.1, 0.15) is 5.75 Å². The summed E-state index contributed by atoms with van der Waals surface area (Å²) < 4.78 is 66.9. The molecule has 6 nitrogen and oxygen atoms in total. The number of nitrogens with zero attached hydrogens (tertiary/aromatic N) is 1. The summed E-state index contributed by atoms with van der Waals surface area (Å²) in [5, 5.41) is 17.1. The van der Waals surface area contributed by atoms with E-state index in [1.54, 1.807) is 0 Å². The SMILES string of the molecule is CN(C)S(=O)(=O)c1ccc(OB(O)O)c(C(F)(F)F)c1. The molecule has 0 saturated carbocycles. The first-order valence-electron chi connectivity index (χ1n) is 5.13. The molecular weight excluding hydrogens is 302 g/mol. The average Bonchev–Trinajstić information content (AvgIpc) is 2.26. The van der Waals surface area contributed by atoms with Gasteiger partial charge in [0.05, 0.1) is 10.5 Å². The second kappa shape index (κ2) is 5.60. The van der Waals surface area contributed by atoms with E-state index in [1.807, 2.05) is 0 Å². The van der Waals surface area contributed by atoms with Crippen LogP contribution < -0.4 is 4.65 Å². The van der Waals surface area contributed by atoms with Crippen LogP contribution in [0, 0.1) is 0 Å². The topological polar surface area (TPSA) is 87.1 Å². The minimum absolute atomic E-state index is 0.368. The van der Waals surface area contributed by atoms with Crippen molar-refractivity contribution in [2.45, 2.75) is 11.1 Å². The van der Waals surface area contributed by atoms with E-state index in [4.69, 9.17) is 10.0 Å². The van der Waals surface area contributed by atoms with Crippen molar-refractivity contribution >= 4 is 17.3 Å². The zero-order valence-electron chi connectivity index (χ0n) is 10.4. The van der Waals surface area contributed by atoms with E-state index in [2.05, 4.69) is 4.65 Å². The number of hydrogen-bond donors (Lipinski definition) is 2. The first kappa shape index (κ1) is 16.8. The Balaban J connectivity index is 3.43. The molecule has 112 valence electrons. The van der Waals surface area contributed by atoms with Crippen molar-refractivity contribution in [2.24, 2.45) is 0 Å². The Morgan fingerprint density at radius 3 is 2.20 bits per heavy atom. The number of hydrogen-bond acceptors (Lipinski definition) is 5. The van der Waals surface area contributed by atoms with Gasteiger partial charge in [-0.2, -0.15) is 13.2 Å². The second-order valence-corrected chi connectivity index (χ2v) is 6.04. The fourth-order valence-electron chi connectivity index (χ4n) is 1.32. The Hall–Kier alpha value is -1.30. The van der Waals surface area contributed by atoms with Gasteiger partial charge in [0.25, 0.3) is 0 Å². The third-order valence-corrected chi connectivity index (χ3v) is 4.08. The monoisotopic (exact) mass is 313 g/mol. The molecule has 0 saturated heterocycles. The first-order chi connectivity index (χ1) is 8.96. The van der Waals surface area contributed by atoms with Crippen LogP contribution in [0.25, 0.3) is 0 Å². The Morgan fingerprint density at radius 2 is 1.80 bits per heavy atom. The standard InChI is InChI=1S/C9H11BF3NO5S/c1-14(2)20(17,18)6-3-4-8(19-10(15)16)7(5-6)9(11,12)13/h3-5,15-16H,1-2H3. The van der Waals surface area contributed by atoms with Crippen LogP contribution in [-0.2, 0) is 16.2 Å². The number of rotatable bonds is 4. The Labute approximate surface area is 113 Å². The van der Waals surface area contributed by atoms with Crippen LogP contribution in [0.4, 0.5) is 13.2 Å². The van der Waals surface area contributed by atoms with E-state index >= 15 is 0 Å². The van der Waals surface area contributed by atoms with Gasteiger partial charge in [-0.15, -0.1) is 0 Å². The smallest absolute Gasteiger partial charge is 0.511 e. The van der Waals surface area contributed by atoms with Crippen molar-refractivity contribution in [1.82, 2.24) is 4.31 Å². The summed E-state index contributed by atoms with van der Waals surface area (Å²) in [7, 11) is -4.16. The van der Waals surface area contributed by atoms with Crippen LogP contribution in [0.3, 0.4) is 0 Å². The minimum atomic E-state index is -4.91. The minimum Gasteiger partial charge on any atom is -0.511 e. The summed E-state index contributed by atoms with van der Waals surface area (Å²) in [5.41, 5.74) is -1.42. The lowest BCUT2D eigenvalue weighted by Crippen LogP contribution is -2.25. The highest BCUT2D eigenvalue weighted by atomic mass is 32.2. The molecule has 0 radical (unpaired) electrons. The van der Waals surface area contributed by atoms with Gasteiger partial charge in [-0.05, 0) is 18.2 Å². The molecule has 11 heteroatoms. The predicted molar refractivity (Wildman–Crippen MR) is 63.1 cm³/mol. The molecule has 0 aliphatic heterocycles. The molecule has 0 amide bonds. The van der Waals surface area contributed by atoms with Crippen molar-refractivity contribution in [2.75, 3.05) is 14.1 Å². The van der Waals surface area contributed by atoms with Crippen molar-refractivity contribution in [3.63, 3.8) is 0 Å². The van der Waals surface area contributed by atoms with Crippen molar-refractivity contribution in [1.29, 1.82) is 0 Å². The molecule has 0 atom stereocenters. The Kier molecular flexibility index (Phi) is 4.69. The second-order valence-electron chi connectivity index (χ2n) is 3.89. The van der Waals surface area contributed by atoms with E-state index in [-0.39, 0.29) is 0 Å². The van der Waals surface area contributed by atoms with E-state index in [1.165, 1.54) is 14.1 Å². The molecule has 0 aliphatic rings. The molecular formula is C9H11BF3NO5S. The molecule has 0 aromatic heterocycles. The molecule has 0 spiro atoms. The normalized spacial score (nSPS) is 12.6. The van der Waals surface area contributed by atoms with Gasteiger partial charge in [0.2, 0.25) is 10.0 Å². The third-order valence-electron chi connectivity index (χ3n) is 2.27. The van der Waals surface area contributed by atoms with Crippen molar-refractivity contribution < 1.29 is 36.3 Å². The van der Waals surface area contributed by atoms with E-state index < -0.39 is 39.7 Å². The maximum absolute atomic E-state index is 12.8. The average molecular weight is 313 g/mol. The zero-order chi connectivity index (χ0) is 15.7. The maximum atomic E-state index is 12.8. The molecule has 20 heavy (non-hydrogen) atoms. The van der Waals surface area contributed by atoms with Crippen LogP contribution in [0.5, 0.6) is 5.75 Å². The number of sulfonamides is 1. The van der Waals surface area contributed by atoms with Gasteiger partial charge < -0.3 is 14.7 Å². The molecule has 0 heterocycles. The third kappa shape index (κ3) is 3.63. The van der Waals surface area contributed by atoms with E-state index in [9.17, 15) is 21.6 Å². The summed E-state index contributed by atoms with van der Waals surface area (Å²) in [6.45, 7) is 0. The Bertz CT molecular complexity index is 588. The van der Waals surface area contributed by atoms with Crippen LogP contribution in [-0.4, -0.2) is 44.2 Å². The summed E-state index contributed by atoms with van der Waals surface area (Å²) in [4.78, 5) is -0.588. The quantitative estimate of drug-likeness (QED) is 0.781. The summed E-state index contributed by atoms with van der Waals surface area (Å²) in [5.74, 6) is -0.884. The van der Waals surface area contributed by atoms with Gasteiger partial charge >= 0.3 is 13.5 Å². The lowest BCUT2D eigenvalue weighted by molar-refractivity contribution is -0.138. The molecule has 1 rings (SSSR count). The van der Waals surface area contributed by atoms with Crippen LogP contribution in [0.15, 0.2) is 23.1 Å². The highest BCUT2D eigenvalue weighted by molar-refractivity contribution is 7.89. The van der Waals surface area contributed by atoms with Gasteiger partial charge in [-0.25, -0.2) is 12.7 Å². The lowest BCUT2D eigenvalue weighted by atomic mass is 10.1. The zero-order valence-corrected chi connectivity index (χ0v) is 11.2. The summed E-state index contributed by atoms with van der Waals surface area (Å²) in [6, 6.07) is 1.95. The van der Waals surface area contributed by atoms with Crippen molar-refractivity contribution in [3.05, 3.63) is 23.8 Å². The van der Waals surface area contributed by atoms with Gasteiger partial charge in [0, 0.05) is 14.1 Å². The molecule has 0 bridgehead atoms. The molecule has 1 aromatic carbocycles. The summed E-state index contributed by atoms with van der Waals surface area (Å²) in [6.07, 6.45) is -4.91. The molecule has 1 aromatic rings. The molecule has 2 N–H and O–H groups in total. The molecule has 0 unspecified atom stereocenters. The number of benzene rings is 1. The fourth-order valence-corrected chi connectivity index (χ4v) is 2.25. The predicted octanol–water partition coefficient (Wildman–Crippen LogP) is 0.304. The summed E-state index contributed by atoms with van der Waals surface area (Å²) >= 11 is 0. The largest absolute Gasteiger partial charge is 0.707 e. The van der Waals surface area contributed by atoms with E-state index in [0.29, 0.717) is 12.1 Å². The van der Waals surface area contributed by atoms with Gasteiger partial charge in [-0.1, -0.05) is 0 Å². The molecule has 0 fully saturated rings. The lowest BCUT2D eigenvalue weighted by Gasteiger charge is -2.17. The van der Waals surface area contributed by atoms with Crippen LogP contribution in [0.1, 0.15) is 5.56 Å². The maximum Gasteiger partial charge on any atom is 0.707 e. The van der Waals surface area contributed by atoms with E-state index in [0.717, 1.165) is 10.4 Å².